The summed E-state index contributed by atoms with van der Waals surface area (Å²) in [7, 11) is 0. The van der Waals surface area contributed by atoms with Crippen LogP contribution in [0.2, 0.25) is 0 Å². The summed E-state index contributed by atoms with van der Waals surface area (Å²) in [5.74, 6) is -0.811. The van der Waals surface area contributed by atoms with Crippen molar-refractivity contribution in [3.8, 4) is 0 Å². The highest BCUT2D eigenvalue weighted by molar-refractivity contribution is 7.19. The summed E-state index contributed by atoms with van der Waals surface area (Å²) in [5, 5.41) is 15.8. The largest absolute Gasteiger partial charge is 0.348 e. The van der Waals surface area contributed by atoms with Crippen LogP contribution in [0.1, 0.15) is 23.0 Å². The van der Waals surface area contributed by atoms with Gasteiger partial charge in [-0.05, 0) is 30.4 Å². The highest BCUT2D eigenvalue weighted by Crippen LogP contribution is 2.30. The molecule has 2 aromatic rings. The molecule has 0 saturated heterocycles. The number of amides is 2. The first-order valence-electron chi connectivity index (χ1n) is 6.18. The van der Waals surface area contributed by atoms with E-state index < -0.39 is 10.8 Å². The molecular formula is C13H12N4O4S. The van der Waals surface area contributed by atoms with Gasteiger partial charge in [0.2, 0.25) is 5.91 Å². The minimum Gasteiger partial charge on any atom is -0.326 e. The predicted molar refractivity (Wildman–Crippen MR) is 82.2 cm³/mol. The number of nitro groups is 1. The van der Waals surface area contributed by atoms with E-state index >= 15 is 0 Å². The van der Waals surface area contributed by atoms with Gasteiger partial charge in [-0.25, -0.2) is 4.98 Å². The molecule has 8 nitrogen and oxygen atoms in total. The summed E-state index contributed by atoms with van der Waals surface area (Å²) in [6.45, 7) is 2.83. The molecule has 0 bridgehead atoms. The second-order valence-corrected chi connectivity index (χ2v) is 5.33. The Kier molecular flexibility index (Phi) is 4.47. The minimum absolute atomic E-state index is 0.120. The lowest BCUT2D eigenvalue weighted by molar-refractivity contribution is -0.380. The summed E-state index contributed by atoms with van der Waals surface area (Å²) in [4.78, 5) is 37.6. The van der Waals surface area contributed by atoms with Gasteiger partial charge in [0.25, 0.3) is 5.91 Å². The van der Waals surface area contributed by atoms with Gasteiger partial charge in [-0.15, -0.1) is 0 Å². The zero-order valence-corrected chi connectivity index (χ0v) is 12.6. The Labute approximate surface area is 129 Å². The number of nitrogens with one attached hydrogen (secondary N) is 2. The van der Waals surface area contributed by atoms with Crippen LogP contribution in [0.4, 0.5) is 15.8 Å². The number of rotatable bonds is 4. The van der Waals surface area contributed by atoms with Crippen LogP contribution in [0.25, 0.3) is 0 Å². The third-order valence-electron chi connectivity index (χ3n) is 2.64. The molecule has 2 N–H and O–H groups in total. The van der Waals surface area contributed by atoms with Gasteiger partial charge >= 0.3 is 5.00 Å². The van der Waals surface area contributed by atoms with Crippen LogP contribution in [0.5, 0.6) is 0 Å². The van der Waals surface area contributed by atoms with Gasteiger partial charge < -0.3 is 5.32 Å². The maximum Gasteiger partial charge on any atom is 0.348 e. The van der Waals surface area contributed by atoms with Crippen molar-refractivity contribution in [1.82, 2.24) is 4.98 Å². The van der Waals surface area contributed by atoms with E-state index in [0.717, 1.165) is 11.3 Å². The van der Waals surface area contributed by atoms with E-state index in [1.807, 2.05) is 0 Å². The lowest BCUT2D eigenvalue weighted by atomic mass is 10.1. The van der Waals surface area contributed by atoms with Crippen LogP contribution < -0.4 is 10.6 Å². The van der Waals surface area contributed by atoms with Crippen LogP contribution in [0.15, 0.2) is 24.3 Å². The molecule has 22 heavy (non-hydrogen) atoms. The molecule has 1 aromatic carbocycles. The van der Waals surface area contributed by atoms with E-state index in [-0.39, 0.29) is 27.3 Å². The molecule has 0 aliphatic heterocycles. The number of aromatic nitrogens is 1. The highest BCUT2D eigenvalue weighted by Gasteiger charge is 2.20. The molecule has 114 valence electrons. The Morgan fingerprint density at radius 2 is 1.95 bits per heavy atom. The van der Waals surface area contributed by atoms with E-state index in [1.54, 1.807) is 18.2 Å². The van der Waals surface area contributed by atoms with Crippen LogP contribution in [0.3, 0.4) is 0 Å². The van der Waals surface area contributed by atoms with E-state index in [9.17, 15) is 19.7 Å². The van der Waals surface area contributed by atoms with Crippen molar-refractivity contribution in [2.24, 2.45) is 0 Å². The first-order valence-corrected chi connectivity index (χ1v) is 7.00. The number of carbonyl (C=O) groups excluding carboxylic acids is 2. The standard InChI is InChI=1S/C13H12N4O4S/c1-7-12(17(20)21)22-13(14-7)16-11(19)9-5-3-4-6-10(9)15-8(2)18/h3-6H,1-2H3,(H,15,18)(H,14,16,19). The summed E-state index contributed by atoms with van der Waals surface area (Å²) in [6, 6.07) is 6.46. The topological polar surface area (TPSA) is 114 Å². The lowest BCUT2D eigenvalue weighted by Crippen LogP contribution is -2.16. The average molecular weight is 320 g/mol. The molecule has 1 aromatic heterocycles. The summed E-state index contributed by atoms with van der Waals surface area (Å²) < 4.78 is 0. The number of para-hydroxylation sites is 1. The summed E-state index contributed by atoms with van der Waals surface area (Å²) in [5.41, 5.74) is 0.837. The van der Waals surface area contributed by atoms with Gasteiger partial charge in [-0.2, -0.15) is 0 Å². The fraction of sp³-hybridized carbons (Fsp3) is 0.154. The predicted octanol–water partition coefficient (Wildman–Crippen LogP) is 2.57. The molecule has 0 saturated carbocycles. The second-order valence-electron chi connectivity index (χ2n) is 4.35. The number of nitrogens with zero attached hydrogens (tertiary/aromatic N) is 2. The number of aryl methyl sites for hydroxylation is 1. The maximum atomic E-state index is 12.2. The Morgan fingerprint density at radius 3 is 2.55 bits per heavy atom. The quantitative estimate of drug-likeness (QED) is 0.663. The fourth-order valence-electron chi connectivity index (χ4n) is 1.76. The van der Waals surface area contributed by atoms with Gasteiger partial charge in [0.1, 0.15) is 5.69 Å². The molecule has 0 radical (unpaired) electrons. The van der Waals surface area contributed by atoms with Crippen molar-refractivity contribution >= 4 is 39.0 Å². The summed E-state index contributed by atoms with van der Waals surface area (Å²) >= 11 is 0.781. The van der Waals surface area contributed by atoms with Crippen LogP contribution >= 0.6 is 11.3 Å². The second kappa shape index (κ2) is 6.31. The Hall–Kier alpha value is -2.81. The molecule has 0 spiro atoms. The lowest BCUT2D eigenvalue weighted by Gasteiger charge is -2.08. The van der Waals surface area contributed by atoms with Crippen molar-refractivity contribution < 1.29 is 14.5 Å². The number of hydrogen-bond donors (Lipinski definition) is 2. The van der Waals surface area contributed by atoms with Crippen molar-refractivity contribution in [1.29, 1.82) is 0 Å². The van der Waals surface area contributed by atoms with Crippen molar-refractivity contribution in [3.63, 3.8) is 0 Å². The normalized spacial score (nSPS) is 10.1. The molecule has 0 fully saturated rings. The van der Waals surface area contributed by atoms with Crippen LogP contribution in [-0.2, 0) is 4.79 Å². The molecule has 0 atom stereocenters. The van der Waals surface area contributed by atoms with Crippen LogP contribution in [0, 0.1) is 17.0 Å². The SMILES string of the molecule is CC(=O)Nc1ccccc1C(=O)Nc1nc(C)c([N+](=O)[O-])s1. The van der Waals surface area contributed by atoms with E-state index in [0.29, 0.717) is 5.69 Å². The Balaban J connectivity index is 2.24. The van der Waals surface area contributed by atoms with E-state index in [2.05, 4.69) is 15.6 Å². The Bertz CT molecular complexity index is 756. The van der Waals surface area contributed by atoms with Gasteiger partial charge in [0, 0.05) is 6.92 Å². The Morgan fingerprint density at radius 1 is 1.27 bits per heavy atom. The average Bonchev–Trinajstić information content (AvgIpc) is 2.79. The first-order chi connectivity index (χ1) is 10.4. The number of hydrogen-bond acceptors (Lipinski definition) is 6. The number of thiazole rings is 1. The van der Waals surface area contributed by atoms with Crippen molar-refractivity contribution in [2.75, 3.05) is 10.6 Å². The highest BCUT2D eigenvalue weighted by atomic mass is 32.1. The van der Waals surface area contributed by atoms with Gasteiger partial charge in [-0.1, -0.05) is 12.1 Å². The van der Waals surface area contributed by atoms with E-state index in [4.69, 9.17) is 0 Å². The maximum absolute atomic E-state index is 12.2. The molecule has 2 rings (SSSR count). The molecule has 9 heteroatoms. The molecule has 2 amide bonds. The van der Waals surface area contributed by atoms with E-state index in [1.165, 1.54) is 19.9 Å². The van der Waals surface area contributed by atoms with Crippen molar-refractivity contribution in [3.05, 3.63) is 45.6 Å². The van der Waals surface area contributed by atoms with Crippen LogP contribution in [-0.4, -0.2) is 21.7 Å². The third-order valence-corrected chi connectivity index (χ3v) is 3.67. The van der Waals surface area contributed by atoms with Gasteiger partial charge in [0.05, 0.1) is 16.2 Å². The van der Waals surface area contributed by atoms with Gasteiger partial charge in [-0.3, -0.25) is 25.0 Å². The number of benzene rings is 1. The minimum atomic E-state index is -0.548. The summed E-state index contributed by atoms with van der Waals surface area (Å²) in [6.07, 6.45) is 0. The van der Waals surface area contributed by atoms with Gasteiger partial charge in [0.15, 0.2) is 5.13 Å². The zero-order chi connectivity index (χ0) is 16.3. The fourth-order valence-corrected chi connectivity index (χ4v) is 2.53. The molecule has 0 aliphatic carbocycles. The first kappa shape index (κ1) is 15.6. The molecular weight excluding hydrogens is 308 g/mol. The number of carbonyl (C=O) groups is 2. The smallest absolute Gasteiger partial charge is 0.326 e. The molecule has 0 unspecified atom stereocenters. The molecule has 1 heterocycles. The third kappa shape index (κ3) is 3.44. The zero-order valence-electron chi connectivity index (χ0n) is 11.7. The monoisotopic (exact) mass is 320 g/mol. The molecule has 0 aliphatic rings. The van der Waals surface area contributed by atoms with Crippen molar-refractivity contribution in [2.45, 2.75) is 13.8 Å². The number of anilines is 2.